The lowest BCUT2D eigenvalue weighted by molar-refractivity contribution is -0.120. The Balaban J connectivity index is 1.91. The van der Waals surface area contributed by atoms with Crippen LogP contribution in [0.2, 0.25) is 10.0 Å². The van der Waals surface area contributed by atoms with E-state index < -0.39 is 28.5 Å². The van der Waals surface area contributed by atoms with E-state index in [4.69, 9.17) is 23.2 Å². The highest BCUT2D eigenvalue weighted by molar-refractivity contribution is 7.92. The number of hydrogen-bond acceptors (Lipinski definition) is 3. The number of benzene rings is 3. The van der Waals surface area contributed by atoms with Gasteiger partial charge in [-0.1, -0.05) is 53.5 Å². The minimum absolute atomic E-state index is 0.0143. The van der Waals surface area contributed by atoms with E-state index in [1.165, 1.54) is 42.5 Å². The highest BCUT2D eigenvalue weighted by Crippen LogP contribution is 2.32. The molecule has 3 rings (SSSR count). The zero-order valence-corrected chi connectivity index (χ0v) is 18.8. The molecule has 162 valence electrons. The molecule has 1 N–H and O–H groups in total. The van der Waals surface area contributed by atoms with Gasteiger partial charge in [0.05, 0.1) is 21.6 Å². The van der Waals surface area contributed by atoms with Crippen molar-refractivity contribution in [1.82, 2.24) is 5.32 Å². The zero-order chi connectivity index (χ0) is 22.6. The maximum atomic E-state index is 13.3. The summed E-state index contributed by atoms with van der Waals surface area (Å²) >= 11 is 12.2. The summed E-state index contributed by atoms with van der Waals surface area (Å²) in [6.45, 7) is 1.21. The summed E-state index contributed by atoms with van der Waals surface area (Å²) in [5.41, 5.74) is 0.802. The molecule has 9 heteroatoms. The van der Waals surface area contributed by atoms with Gasteiger partial charge in [-0.15, -0.1) is 0 Å². The maximum absolute atomic E-state index is 13.3. The number of halogens is 3. The Labute approximate surface area is 190 Å². The first-order valence-electron chi connectivity index (χ1n) is 9.26. The average Bonchev–Trinajstić information content (AvgIpc) is 2.73. The quantitative estimate of drug-likeness (QED) is 0.504. The van der Waals surface area contributed by atoms with Crippen LogP contribution in [-0.2, 0) is 14.8 Å². The Bertz CT molecular complexity index is 1170. The van der Waals surface area contributed by atoms with Gasteiger partial charge in [-0.05, 0) is 55.0 Å². The lowest BCUT2D eigenvalue weighted by Crippen LogP contribution is -2.41. The average molecular weight is 481 g/mol. The van der Waals surface area contributed by atoms with Gasteiger partial charge in [-0.3, -0.25) is 9.10 Å². The van der Waals surface area contributed by atoms with Crippen molar-refractivity contribution in [3.05, 3.63) is 94.2 Å². The molecule has 5 nitrogen and oxygen atoms in total. The van der Waals surface area contributed by atoms with E-state index in [2.05, 4.69) is 5.32 Å². The maximum Gasteiger partial charge on any atom is 0.264 e. The first-order chi connectivity index (χ1) is 14.7. The zero-order valence-electron chi connectivity index (χ0n) is 16.4. The predicted octanol–water partition coefficient (Wildman–Crippen LogP) is 5.21. The number of hydrogen-bond donors (Lipinski definition) is 1. The van der Waals surface area contributed by atoms with Crippen molar-refractivity contribution in [2.45, 2.75) is 17.9 Å². The molecule has 0 saturated heterocycles. The van der Waals surface area contributed by atoms with E-state index >= 15 is 0 Å². The molecule has 0 aliphatic carbocycles. The second-order valence-corrected chi connectivity index (χ2v) is 9.47. The van der Waals surface area contributed by atoms with E-state index in [-0.39, 0.29) is 21.4 Å². The number of sulfonamides is 1. The fourth-order valence-corrected chi connectivity index (χ4v) is 4.98. The molecule has 31 heavy (non-hydrogen) atoms. The van der Waals surface area contributed by atoms with Crippen LogP contribution >= 0.6 is 23.2 Å². The van der Waals surface area contributed by atoms with Gasteiger partial charge in [0.1, 0.15) is 12.4 Å². The summed E-state index contributed by atoms with van der Waals surface area (Å²) in [6, 6.07) is 17.3. The van der Waals surface area contributed by atoms with Gasteiger partial charge in [0.2, 0.25) is 5.91 Å². The topological polar surface area (TPSA) is 66.5 Å². The summed E-state index contributed by atoms with van der Waals surface area (Å²) in [6.07, 6.45) is 0. The summed E-state index contributed by atoms with van der Waals surface area (Å²) in [5.74, 6) is -0.942. The molecule has 0 aliphatic heterocycles. The molecule has 0 aliphatic rings. The number of carbonyl (C=O) groups is 1. The van der Waals surface area contributed by atoms with E-state index in [9.17, 15) is 17.6 Å². The highest BCUT2D eigenvalue weighted by atomic mass is 35.5. The molecule has 0 saturated carbocycles. The van der Waals surface area contributed by atoms with Gasteiger partial charge in [-0.2, -0.15) is 0 Å². The molecule has 3 aromatic carbocycles. The largest absolute Gasteiger partial charge is 0.348 e. The molecule has 0 spiro atoms. The summed E-state index contributed by atoms with van der Waals surface area (Å²) in [7, 11) is -4.10. The minimum Gasteiger partial charge on any atom is -0.348 e. The number of rotatable bonds is 7. The fraction of sp³-hybridized carbons (Fsp3) is 0.136. The standard InChI is InChI=1S/C22H19Cl2FN2O3S/c1-15(16-7-10-18(25)11-8-16)26-22(28)14-27(21-12-9-17(23)13-20(21)24)31(29,30)19-5-3-2-4-6-19/h2-13,15H,14H2,1H3,(H,26,28). The number of nitrogens with one attached hydrogen (secondary N) is 1. The second-order valence-electron chi connectivity index (χ2n) is 6.76. The van der Waals surface area contributed by atoms with Crippen LogP contribution in [0.1, 0.15) is 18.5 Å². The molecule has 1 unspecified atom stereocenters. The SMILES string of the molecule is CC(NC(=O)CN(c1ccc(Cl)cc1Cl)S(=O)(=O)c1ccccc1)c1ccc(F)cc1. The molecule has 0 bridgehead atoms. The predicted molar refractivity (Wildman–Crippen MR) is 120 cm³/mol. The molecule has 1 amide bonds. The van der Waals surface area contributed by atoms with Gasteiger partial charge in [0, 0.05) is 5.02 Å². The van der Waals surface area contributed by atoms with Gasteiger partial charge in [0.15, 0.2) is 0 Å². The smallest absolute Gasteiger partial charge is 0.264 e. The van der Waals surface area contributed by atoms with Crippen LogP contribution < -0.4 is 9.62 Å². The Kier molecular flexibility index (Phi) is 7.20. The number of anilines is 1. The van der Waals surface area contributed by atoms with Crippen molar-refractivity contribution in [3.63, 3.8) is 0 Å². The van der Waals surface area contributed by atoms with Crippen molar-refractivity contribution < 1.29 is 17.6 Å². The first kappa shape index (κ1) is 23.1. The molecule has 3 aromatic rings. The molecule has 0 heterocycles. The Morgan fingerprint density at radius 2 is 1.68 bits per heavy atom. The van der Waals surface area contributed by atoms with Gasteiger partial charge >= 0.3 is 0 Å². The van der Waals surface area contributed by atoms with Crippen LogP contribution in [0, 0.1) is 5.82 Å². The van der Waals surface area contributed by atoms with Gasteiger partial charge in [-0.25, -0.2) is 12.8 Å². The summed E-state index contributed by atoms with van der Waals surface area (Å²) in [5, 5.41) is 3.16. The van der Waals surface area contributed by atoms with Gasteiger partial charge in [0.25, 0.3) is 10.0 Å². The highest BCUT2D eigenvalue weighted by Gasteiger charge is 2.29. The Morgan fingerprint density at radius 3 is 2.29 bits per heavy atom. The third-order valence-corrected chi connectivity index (χ3v) is 6.86. The second kappa shape index (κ2) is 9.68. The number of amides is 1. The Morgan fingerprint density at radius 1 is 1.03 bits per heavy atom. The van der Waals surface area contributed by atoms with Crippen molar-refractivity contribution in [2.75, 3.05) is 10.8 Å². The third kappa shape index (κ3) is 5.55. The fourth-order valence-electron chi connectivity index (χ4n) is 2.96. The first-order valence-corrected chi connectivity index (χ1v) is 11.5. The van der Waals surface area contributed by atoms with Crippen LogP contribution in [0.15, 0.2) is 77.7 Å². The number of nitrogens with zero attached hydrogens (tertiary/aromatic N) is 1. The summed E-state index contributed by atoms with van der Waals surface area (Å²) < 4.78 is 40.7. The molecule has 1 atom stereocenters. The van der Waals surface area contributed by atoms with Crippen LogP contribution in [0.3, 0.4) is 0 Å². The van der Waals surface area contributed by atoms with E-state index in [0.29, 0.717) is 10.6 Å². The lowest BCUT2D eigenvalue weighted by Gasteiger charge is -2.26. The van der Waals surface area contributed by atoms with Crippen molar-refractivity contribution in [1.29, 1.82) is 0 Å². The molecule has 0 radical (unpaired) electrons. The number of carbonyl (C=O) groups excluding carboxylic acids is 1. The molecule has 0 fully saturated rings. The van der Waals surface area contributed by atoms with Crippen LogP contribution in [0.25, 0.3) is 0 Å². The van der Waals surface area contributed by atoms with Crippen LogP contribution in [0.5, 0.6) is 0 Å². The van der Waals surface area contributed by atoms with Gasteiger partial charge < -0.3 is 5.32 Å². The van der Waals surface area contributed by atoms with Crippen molar-refractivity contribution >= 4 is 44.8 Å². The van der Waals surface area contributed by atoms with Crippen LogP contribution in [-0.4, -0.2) is 20.9 Å². The normalized spacial score (nSPS) is 12.3. The molecular formula is C22H19Cl2FN2O3S. The third-order valence-electron chi connectivity index (χ3n) is 4.54. The van der Waals surface area contributed by atoms with Crippen molar-refractivity contribution in [2.24, 2.45) is 0 Å². The minimum atomic E-state index is -4.10. The van der Waals surface area contributed by atoms with E-state index in [1.54, 1.807) is 37.3 Å². The monoisotopic (exact) mass is 480 g/mol. The lowest BCUT2D eigenvalue weighted by atomic mass is 10.1. The van der Waals surface area contributed by atoms with E-state index in [1.807, 2.05) is 0 Å². The summed E-state index contributed by atoms with van der Waals surface area (Å²) in [4.78, 5) is 12.8. The van der Waals surface area contributed by atoms with E-state index in [0.717, 1.165) is 4.31 Å². The Hall–Kier alpha value is -2.61. The molecular weight excluding hydrogens is 462 g/mol. The molecule has 0 aromatic heterocycles. The van der Waals surface area contributed by atoms with Crippen LogP contribution in [0.4, 0.5) is 10.1 Å². The van der Waals surface area contributed by atoms with Crippen molar-refractivity contribution in [3.8, 4) is 0 Å².